The highest BCUT2D eigenvalue weighted by Gasteiger charge is 2.33. The van der Waals surface area contributed by atoms with E-state index in [2.05, 4.69) is 10.6 Å². The van der Waals surface area contributed by atoms with Crippen LogP contribution < -0.4 is 15.5 Å². The molecule has 122 valence electrons. The molecule has 2 aromatic carbocycles. The fourth-order valence-corrected chi connectivity index (χ4v) is 2.78. The van der Waals surface area contributed by atoms with E-state index in [1.165, 1.54) is 23.1 Å². The summed E-state index contributed by atoms with van der Waals surface area (Å²) in [7, 11) is 0. The molecule has 1 saturated heterocycles. The van der Waals surface area contributed by atoms with E-state index in [-0.39, 0.29) is 5.91 Å². The molecule has 2 aromatic rings. The first-order valence-electron chi connectivity index (χ1n) is 7.27. The van der Waals surface area contributed by atoms with Crippen LogP contribution in [0.4, 0.5) is 15.8 Å². The summed E-state index contributed by atoms with van der Waals surface area (Å²) in [6.07, 6.45) is 0. The van der Waals surface area contributed by atoms with Gasteiger partial charge in [0.25, 0.3) is 11.8 Å². The van der Waals surface area contributed by atoms with E-state index in [0.717, 1.165) is 0 Å². The number of carbonyl (C=O) groups excluding carboxylic acids is 2. The normalized spacial score (nSPS) is 16.9. The first-order valence-corrected chi connectivity index (χ1v) is 7.68. The van der Waals surface area contributed by atoms with Gasteiger partial charge >= 0.3 is 0 Å². The zero-order chi connectivity index (χ0) is 17.3. The number of benzene rings is 2. The Morgan fingerprint density at radius 3 is 2.67 bits per heavy atom. The molecule has 1 unspecified atom stereocenters. The summed E-state index contributed by atoms with van der Waals surface area (Å²) >= 11 is 5.16. The Morgan fingerprint density at radius 1 is 1.25 bits per heavy atom. The number of anilines is 2. The average molecular weight is 343 g/mol. The van der Waals surface area contributed by atoms with E-state index in [0.29, 0.717) is 22.1 Å². The largest absolute Gasteiger partial charge is 0.350 e. The number of rotatable bonds is 3. The first kappa shape index (κ1) is 16.1. The molecule has 0 radical (unpaired) electrons. The molecule has 0 saturated carbocycles. The van der Waals surface area contributed by atoms with Gasteiger partial charge in [-0.3, -0.25) is 14.5 Å². The lowest BCUT2D eigenvalue weighted by molar-refractivity contribution is -0.117. The van der Waals surface area contributed by atoms with Gasteiger partial charge in [0.05, 0.1) is 5.69 Å². The molecule has 0 aromatic heterocycles. The molecule has 0 aliphatic carbocycles. The lowest BCUT2D eigenvalue weighted by Gasteiger charge is -2.15. The van der Waals surface area contributed by atoms with Crippen LogP contribution in [-0.2, 0) is 4.79 Å². The maximum atomic E-state index is 13.2. The summed E-state index contributed by atoms with van der Waals surface area (Å²) in [5, 5.41) is 5.79. The van der Waals surface area contributed by atoms with E-state index in [4.69, 9.17) is 12.2 Å². The lowest BCUT2D eigenvalue weighted by atomic mass is 10.1. The molecule has 1 heterocycles. The molecular weight excluding hydrogens is 329 g/mol. The van der Waals surface area contributed by atoms with Gasteiger partial charge in [-0.15, -0.1) is 0 Å². The second-order valence-corrected chi connectivity index (χ2v) is 5.75. The standard InChI is InChI=1S/C17H14FN3O2S/c1-10-16(23)21(17(24)19-10)14-7-2-4-11(8-14)15(22)20-13-6-3-5-12(18)9-13/h2-10H,1H3,(H,19,24)(H,20,22). The third-order valence-electron chi connectivity index (χ3n) is 3.58. The van der Waals surface area contributed by atoms with Crippen LogP contribution in [0.25, 0.3) is 0 Å². The maximum Gasteiger partial charge on any atom is 0.255 e. The van der Waals surface area contributed by atoms with Crippen molar-refractivity contribution >= 4 is 40.5 Å². The Hall–Kier alpha value is -2.80. The molecule has 7 heteroatoms. The third-order valence-corrected chi connectivity index (χ3v) is 3.88. The fourth-order valence-electron chi connectivity index (χ4n) is 2.41. The van der Waals surface area contributed by atoms with E-state index >= 15 is 0 Å². The van der Waals surface area contributed by atoms with Gasteiger partial charge in [-0.2, -0.15) is 0 Å². The molecule has 3 rings (SSSR count). The Balaban J connectivity index is 1.84. The first-order chi connectivity index (χ1) is 11.5. The topological polar surface area (TPSA) is 61.4 Å². The number of hydrogen-bond acceptors (Lipinski definition) is 3. The van der Waals surface area contributed by atoms with Gasteiger partial charge in [-0.25, -0.2) is 4.39 Å². The number of thiocarbonyl (C=S) groups is 1. The Morgan fingerprint density at radius 2 is 2.00 bits per heavy atom. The highest BCUT2D eigenvalue weighted by Crippen LogP contribution is 2.21. The van der Waals surface area contributed by atoms with Crippen LogP contribution in [0.3, 0.4) is 0 Å². The Bertz CT molecular complexity index is 840. The summed E-state index contributed by atoms with van der Waals surface area (Å²) in [6, 6.07) is 11.8. The zero-order valence-electron chi connectivity index (χ0n) is 12.7. The predicted octanol–water partition coefficient (Wildman–Crippen LogP) is 2.69. The van der Waals surface area contributed by atoms with Gasteiger partial charge < -0.3 is 10.6 Å². The fraction of sp³-hybridized carbons (Fsp3) is 0.118. The summed E-state index contributed by atoms with van der Waals surface area (Å²) in [4.78, 5) is 25.9. The van der Waals surface area contributed by atoms with Crippen molar-refractivity contribution in [2.75, 3.05) is 10.2 Å². The van der Waals surface area contributed by atoms with Crippen LogP contribution in [0.5, 0.6) is 0 Å². The molecule has 1 aliphatic heterocycles. The van der Waals surface area contributed by atoms with Crippen LogP contribution in [0, 0.1) is 5.82 Å². The van der Waals surface area contributed by atoms with Gasteiger partial charge in [-0.1, -0.05) is 12.1 Å². The molecular formula is C17H14FN3O2S. The molecule has 0 bridgehead atoms. The van der Waals surface area contributed by atoms with Gasteiger partial charge in [0, 0.05) is 11.3 Å². The van der Waals surface area contributed by atoms with E-state index in [1.807, 2.05) is 0 Å². The minimum absolute atomic E-state index is 0.178. The summed E-state index contributed by atoms with van der Waals surface area (Å²) in [5.74, 6) is -1.02. The van der Waals surface area contributed by atoms with E-state index in [1.54, 1.807) is 37.3 Å². The van der Waals surface area contributed by atoms with E-state index < -0.39 is 17.8 Å². The number of nitrogens with one attached hydrogen (secondary N) is 2. The molecule has 1 fully saturated rings. The number of carbonyl (C=O) groups is 2. The van der Waals surface area contributed by atoms with Crippen molar-refractivity contribution in [2.24, 2.45) is 0 Å². The monoisotopic (exact) mass is 343 g/mol. The zero-order valence-corrected chi connectivity index (χ0v) is 13.6. The smallest absolute Gasteiger partial charge is 0.255 e. The van der Waals surface area contributed by atoms with Crippen LogP contribution in [-0.4, -0.2) is 23.0 Å². The third kappa shape index (κ3) is 3.11. The molecule has 2 N–H and O–H groups in total. The molecule has 5 nitrogen and oxygen atoms in total. The molecule has 1 aliphatic rings. The number of halogens is 1. The van der Waals surface area contributed by atoms with Gasteiger partial charge in [0.15, 0.2) is 5.11 Å². The van der Waals surface area contributed by atoms with Gasteiger partial charge in [0.2, 0.25) is 0 Å². The van der Waals surface area contributed by atoms with Crippen LogP contribution >= 0.6 is 12.2 Å². The quantitative estimate of drug-likeness (QED) is 0.841. The Kier molecular flexibility index (Phi) is 4.26. The summed E-state index contributed by atoms with van der Waals surface area (Å²) in [6.45, 7) is 1.72. The van der Waals surface area contributed by atoms with Crippen LogP contribution in [0.15, 0.2) is 48.5 Å². The average Bonchev–Trinajstić information content (AvgIpc) is 2.80. The second kappa shape index (κ2) is 6.37. The van der Waals surface area contributed by atoms with E-state index in [9.17, 15) is 14.0 Å². The van der Waals surface area contributed by atoms with Crippen molar-refractivity contribution in [2.45, 2.75) is 13.0 Å². The van der Waals surface area contributed by atoms with Crippen molar-refractivity contribution in [3.63, 3.8) is 0 Å². The number of nitrogens with zero attached hydrogens (tertiary/aromatic N) is 1. The predicted molar refractivity (Wildman–Crippen MR) is 93.5 cm³/mol. The van der Waals surface area contributed by atoms with Gasteiger partial charge in [-0.05, 0) is 55.5 Å². The number of amides is 2. The second-order valence-electron chi connectivity index (χ2n) is 5.36. The molecule has 24 heavy (non-hydrogen) atoms. The van der Waals surface area contributed by atoms with Crippen molar-refractivity contribution in [1.29, 1.82) is 0 Å². The number of hydrogen-bond donors (Lipinski definition) is 2. The molecule has 1 atom stereocenters. The van der Waals surface area contributed by atoms with Crippen LogP contribution in [0.1, 0.15) is 17.3 Å². The van der Waals surface area contributed by atoms with Crippen molar-refractivity contribution < 1.29 is 14.0 Å². The van der Waals surface area contributed by atoms with Gasteiger partial charge in [0.1, 0.15) is 11.9 Å². The summed E-state index contributed by atoms with van der Waals surface area (Å²) in [5.41, 5.74) is 1.20. The van der Waals surface area contributed by atoms with Crippen molar-refractivity contribution in [3.8, 4) is 0 Å². The van der Waals surface area contributed by atoms with Crippen molar-refractivity contribution in [3.05, 3.63) is 59.9 Å². The summed E-state index contributed by atoms with van der Waals surface area (Å²) < 4.78 is 13.2. The van der Waals surface area contributed by atoms with Crippen LogP contribution in [0.2, 0.25) is 0 Å². The highest BCUT2D eigenvalue weighted by atomic mass is 32.1. The molecule has 2 amide bonds. The SMILES string of the molecule is CC1NC(=S)N(c2cccc(C(=O)Nc3cccc(F)c3)c2)C1=O. The minimum Gasteiger partial charge on any atom is -0.350 e. The molecule has 0 spiro atoms. The Labute approximate surface area is 143 Å². The minimum atomic E-state index is -0.436. The highest BCUT2D eigenvalue weighted by molar-refractivity contribution is 7.80. The maximum absolute atomic E-state index is 13.2. The lowest BCUT2D eigenvalue weighted by Crippen LogP contribution is -2.30. The van der Waals surface area contributed by atoms with Crippen molar-refractivity contribution in [1.82, 2.24) is 5.32 Å².